The summed E-state index contributed by atoms with van der Waals surface area (Å²) in [6.45, 7) is 5.59. The minimum Gasteiger partial charge on any atom is -0.364 e. The van der Waals surface area contributed by atoms with E-state index in [0.717, 1.165) is 0 Å². The molecule has 0 bridgehead atoms. The van der Waals surface area contributed by atoms with E-state index in [1.165, 1.54) is 12.6 Å². The lowest BCUT2D eigenvalue weighted by Gasteiger charge is -2.45. The average molecular weight is 178 g/mol. The van der Waals surface area contributed by atoms with Crippen LogP contribution in [-0.4, -0.2) is 56.8 Å². The van der Waals surface area contributed by atoms with Crippen LogP contribution in [-0.2, 0) is 0 Å². The maximum atomic E-state index is 2.44. The first-order valence-electron chi connectivity index (χ1n) is 5.12. The predicted octanol–water partition coefficient (Wildman–Crippen LogP) is 0.346. The molecular weight excluding hydrogens is 159 g/mol. The van der Waals surface area contributed by atoms with Gasteiger partial charge in [-0.15, -0.1) is 0 Å². The van der Waals surface area contributed by atoms with Gasteiger partial charge in [0.1, 0.15) is 0 Å². The fraction of sp³-hybridized carbons (Fsp3) is 1.00. The van der Waals surface area contributed by atoms with Crippen molar-refractivity contribution in [2.45, 2.75) is 26.5 Å². The maximum absolute atomic E-state index is 2.44. The third kappa shape index (κ3) is 2.11. The molecule has 71 valence electrons. The Hall–Kier alpha value is 0.0748. The van der Waals surface area contributed by atoms with Gasteiger partial charge in [0.15, 0.2) is 0 Å². The van der Waals surface area contributed by atoms with Gasteiger partial charge in [0.25, 0.3) is 21.5 Å². The molecule has 3 nitrogen and oxygen atoms in total. The van der Waals surface area contributed by atoms with Gasteiger partial charge >= 0.3 is 0 Å². The molecule has 13 heavy (non-hydrogen) atoms. The summed E-state index contributed by atoms with van der Waals surface area (Å²) in [6, 6.07) is 0. The molecule has 0 atom stereocenters. The van der Waals surface area contributed by atoms with Crippen LogP contribution in [0.5, 0.6) is 0 Å². The summed E-state index contributed by atoms with van der Waals surface area (Å²) in [7, 11) is 8.71. The second-order valence-electron chi connectivity index (χ2n) is 3.89. The molecule has 1 aliphatic heterocycles. The van der Waals surface area contributed by atoms with Crippen molar-refractivity contribution >= 4 is 21.5 Å². The molecule has 0 spiro atoms. The molecule has 0 aromatic heterocycles. The molecule has 0 aliphatic carbocycles. The van der Waals surface area contributed by atoms with E-state index in [-0.39, 0.29) is 0 Å². The maximum Gasteiger partial charge on any atom is 0.290 e. The quantitative estimate of drug-likeness (QED) is 0.564. The van der Waals surface area contributed by atoms with Gasteiger partial charge in [-0.05, 0) is 33.8 Å². The number of rotatable bonds is 2. The van der Waals surface area contributed by atoms with E-state index in [4.69, 9.17) is 0 Å². The third-order valence-electron chi connectivity index (χ3n) is 2.98. The monoisotopic (exact) mass is 178 g/mol. The van der Waals surface area contributed by atoms with Crippen LogP contribution in [0.4, 0.5) is 0 Å². The van der Waals surface area contributed by atoms with Gasteiger partial charge in [0, 0.05) is 0 Å². The van der Waals surface area contributed by atoms with E-state index < -0.39 is 0 Å². The van der Waals surface area contributed by atoms with Crippen molar-refractivity contribution in [2.75, 3.05) is 21.1 Å². The van der Waals surface area contributed by atoms with E-state index in [1.54, 1.807) is 0 Å². The highest BCUT2D eigenvalue weighted by atomic mass is 15.3. The first kappa shape index (κ1) is 11.2. The Balaban J connectivity index is 2.69. The number of hydrogen-bond acceptors (Lipinski definition) is 3. The zero-order valence-corrected chi connectivity index (χ0v) is 9.49. The van der Waals surface area contributed by atoms with E-state index in [0.29, 0.717) is 14.0 Å². The van der Waals surface area contributed by atoms with Gasteiger partial charge in [-0.1, -0.05) is 13.8 Å². The largest absolute Gasteiger partial charge is 0.364 e. The summed E-state index contributed by atoms with van der Waals surface area (Å²) in [5, 5.41) is 0. The van der Waals surface area contributed by atoms with E-state index in [1.807, 2.05) is 0 Å². The van der Waals surface area contributed by atoms with Gasteiger partial charge in [0.05, 0.1) is 0 Å². The molecule has 1 radical (unpaired) electrons. The molecule has 1 fully saturated rings. The van der Waals surface area contributed by atoms with Gasteiger partial charge in [-0.25, -0.2) is 0 Å². The standard InChI is InChI=1S/C7H19B3N3/c1-6-9-11(3)8-12(4)10(7-2)13(9)5/h6-7H2,1-5H3. The number of hydrogen-bond donors (Lipinski definition) is 0. The van der Waals surface area contributed by atoms with Crippen molar-refractivity contribution in [1.82, 2.24) is 14.2 Å². The average Bonchev–Trinajstić information content (AvgIpc) is 2.04. The Morgan fingerprint density at radius 3 is 1.62 bits per heavy atom. The van der Waals surface area contributed by atoms with Crippen molar-refractivity contribution in [3.05, 3.63) is 0 Å². The van der Waals surface area contributed by atoms with Crippen LogP contribution in [0.15, 0.2) is 0 Å². The van der Waals surface area contributed by atoms with Crippen molar-refractivity contribution in [3.8, 4) is 0 Å². The summed E-state index contributed by atoms with van der Waals surface area (Å²) in [5.41, 5.74) is 0. The van der Waals surface area contributed by atoms with Crippen LogP contribution in [0.25, 0.3) is 0 Å². The van der Waals surface area contributed by atoms with Crippen molar-refractivity contribution in [2.24, 2.45) is 0 Å². The Kier molecular flexibility index (Phi) is 3.89. The molecule has 0 amide bonds. The Bertz CT molecular complexity index is 153. The zero-order chi connectivity index (χ0) is 10.0. The zero-order valence-electron chi connectivity index (χ0n) is 9.49. The highest BCUT2D eigenvalue weighted by molar-refractivity contribution is 6.80. The summed E-state index contributed by atoms with van der Waals surface area (Å²) in [6.07, 6.45) is 2.35. The van der Waals surface area contributed by atoms with Crippen LogP contribution < -0.4 is 0 Å². The van der Waals surface area contributed by atoms with Crippen LogP contribution in [0.1, 0.15) is 13.8 Å². The lowest BCUT2D eigenvalue weighted by Crippen LogP contribution is -2.69. The number of nitrogens with zero attached hydrogens (tertiary/aromatic N) is 3. The molecule has 0 aromatic carbocycles. The summed E-state index contributed by atoms with van der Waals surface area (Å²) in [4.78, 5) is 0. The Morgan fingerprint density at radius 2 is 1.31 bits per heavy atom. The summed E-state index contributed by atoms with van der Waals surface area (Å²) >= 11 is 0. The molecule has 0 saturated carbocycles. The molecule has 1 aliphatic rings. The topological polar surface area (TPSA) is 9.72 Å². The molecular formula is C7H19B3N3. The van der Waals surface area contributed by atoms with E-state index in [9.17, 15) is 0 Å². The predicted molar refractivity (Wildman–Crippen MR) is 61.5 cm³/mol. The molecule has 1 rings (SSSR count). The lowest BCUT2D eigenvalue weighted by atomic mass is 9.48. The van der Waals surface area contributed by atoms with Crippen LogP contribution in [0.2, 0.25) is 12.6 Å². The van der Waals surface area contributed by atoms with Crippen LogP contribution >= 0.6 is 0 Å². The van der Waals surface area contributed by atoms with Crippen LogP contribution in [0, 0.1) is 0 Å². The van der Waals surface area contributed by atoms with Gasteiger partial charge in [-0.3, -0.25) is 0 Å². The third-order valence-corrected chi connectivity index (χ3v) is 2.98. The van der Waals surface area contributed by atoms with E-state index >= 15 is 0 Å². The fourth-order valence-corrected chi connectivity index (χ4v) is 2.37. The van der Waals surface area contributed by atoms with E-state index in [2.05, 4.69) is 56.7 Å². The molecule has 1 heterocycles. The highest BCUT2D eigenvalue weighted by Crippen LogP contribution is 2.14. The first-order chi connectivity index (χ1) is 6.11. The second kappa shape index (κ2) is 4.53. The molecule has 0 N–H and O–H groups in total. The van der Waals surface area contributed by atoms with Gasteiger partial charge in [-0.2, -0.15) is 0 Å². The van der Waals surface area contributed by atoms with Crippen molar-refractivity contribution in [3.63, 3.8) is 0 Å². The summed E-state index contributed by atoms with van der Waals surface area (Å²) in [5.74, 6) is 0. The first-order valence-corrected chi connectivity index (χ1v) is 5.12. The van der Waals surface area contributed by atoms with Crippen molar-refractivity contribution < 1.29 is 0 Å². The normalized spacial score (nSPS) is 22.2. The highest BCUT2D eigenvalue weighted by Gasteiger charge is 2.38. The Morgan fingerprint density at radius 1 is 0.923 bits per heavy atom. The molecule has 1 saturated heterocycles. The van der Waals surface area contributed by atoms with Crippen LogP contribution in [0.3, 0.4) is 0 Å². The van der Waals surface area contributed by atoms with Crippen molar-refractivity contribution in [1.29, 1.82) is 0 Å². The molecule has 0 unspecified atom stereocenters. The fourth-order valence-electron chi connectivity index (χ4n) is 2.37. The summed E-state index contributed by atoms with van der Waals surface area (Å²) < 4.78 is 7.01. The van der Waals surface area contributed by atoms with Gasteiger partial charge in [0.2, 0.25) is 0 Å². The lowest BCUT2D eigenvalue weighted by molar-refractivity contribution is 0.549. The minimum atomic E-state index is 0.557. The molecule has 6 heteroatoms. The van der Waals surface area contributed by atoms with Gasteiger partial charge < -0.3 is 14.2 Å². The molecule has 0 aromatic rings. The SMILES string of the molecule is CCB1N(C)[B]N(C)B(CC)N1C. The smallest absolute Gasteiger partial charge is 0.290 e. The Labute approximate surface area is 84.0 Å². The second-order valence-corrected chi connectivity index (χ2v) is 3.89. The minimum absolute atomic E-state index is 0.557.